The molecule has 0 spiro atoms. The maximum Gasteiger partial charge on any atom is 0.241 e. The summed E-state index contributed by atoms with van der Waals surface area (Å²) < 4.78 is 10.9. The largest absolute Gasteiger partial charge is 0.493 e. The molecule has 0 aromatic heterocycles. The molecular weight excluding hydrogens is 396 g/mol. The van der Waals surface area contributed by atoms with Gasteiger partial charge in [-0.25, -0.2) is 0 Å². The predicted octanol–water partition coefficient (Wildman–Crippen LogP) is 4.76. The molecule has 2 unspecified atom stereocenters. The van der Waals surface area contributed by atoms with Gasteiger partial charge in [-0.15, -0.1) is 11.8 Å². The van der Waals surface area contributed by atoms with E-state index in [4.69, 9.17) is 9.47 Å². The number of likely N-dealkylation sites (tertiary alicyclic amines) is 1. The van der Waals surface area contributed by atoms with E-state index in [0.717, 1.165) is 49.5 Å². The molecule has 0 saturated carbocycles. The number of methoxy groups -OCH3 is 2. The van der Waals surface area contributed by atoms with Crippen LogP contribution in [0.3, 0.4) is 0 Å². The molecule has 30 heavy (non-hydrogen) atoms. The molecule has 2 aliphatic heterocycles. The Kier molecular flexibility index (Phi) is 6.54. The van der Waals surface area contributed by atoms with Crippen molar-refractivity contribution in [3.05, 3.63) is 48.0 Å². The topological polar surface area (TPSA) is 42.0 Å². The Morgan fingerprint density at radius 1 is 1.07 bits per heavy atom. The van der Waals surface area contributed by atoms with Gasteiger partial charge in [-0.3, -0.25) is 9.69 Å². The van der Waals surface area contributed by atoms with Gasteiger partial charge in [-0.2, -0.15) is 0 Å². The van der Waals surface area contributed by atoms with Crippen molar-refractivity contribution in [1.29, 1.82) is 0 Å². The molecule has 2 heterocycles. The Balaban J connectivity index is 1.53. The number of ether oxygens (including phenoxy) is 2. The van der Waals surface area contributed by atoms with E-state index in [1.165, 1.54) is 10.5 Å². The molecule has 2 aromatic carbocycles. The second-order valence-corrected chi connectivity index (χ2v) is 9.45. The molecule has 2 aromatic rings. The van der Waals surface area contributed by atoms with Crippen molar-refractivity contribution in [2.24, 2.45) is 0 Å². The zero-order valence-corrected chi connectivity index (χ0v) is 18.8. The summed E-state index contributed by atoms with van der Waals surface area (Å²) in [6.07, 6.45) is 3.15. The first kappa shape index (κ1) is 21.1. The Labute approximate surface area is 183 Å². The molecule has 0 N–H and O–H groups in total. The van der Waals surface area contributed by atoms with Crippen LogP contribution in [0.4, 0.5) is 5.69 Å². The van der Waals surface area contributed by atoms with Gasteiger partial charge >= 0.3 is 0 Å². The lowest BCUT2D eigenvalue weighted by Crippen LogP contribution is -2.41. The van der Waals surface area contributed by atoms with Gasteiger partial charge in [0.05, 0.1) is 26.5 Å². The molecule has 1 saturated heterocycles. The van der Waals surface area contributed by atoms with Crippen molar-refractivity contribution in [2.75, 3.05) is 38.8 Å². The van der Waals surface area contributed by atoms with Gasteiger partial charge in [-0.1, -0.05) is 25.1 Å². The summed E-state index contributed by atoms with van der Waals surface area (Å²) in [5.41, 5.74) is 2.23. The van der Waals surface area contributed by atoms with Crippen LogP contribution in [0.2, 0.25) is 0 Å². The molecule has 0 aliphatic carbocycles. The molecule has 160 valence electrons. The quantitative estimate of drug-likeness (QED) is 0.690. The minimum Gasteiger partial charge on any atom is -0.493 e. The molecule has 6 heteroatoms. The molecule has 1 amide bonds. The number of carbonyl (C=O) groups is 1. The van der Waals surface area contributed by atoms with Crippen molar-refractivity contribution in [1.82, 2.24) is 4.90 Å². The lowest BCUT2D eigenvalue weighted by molar-refractivity contribution is -0.120. The maximum atomic E-state index is 13.4. The Morgan fingerprint density at radius 3 is 2.67 bits per heavy atom. The smallest absolute Gasteiger partial charge is 0.241 e. The van der Waals surface area contributed by atoms with Crippen LogP contribution in [0.5, 0.6) is 11.5 Å². The van der Waals surface area contributed by atoms with E-state index in [-0.39, 0.29) is 11.9 Å². The van der Waals surface area contributed by atoms with Crippen molar-refractivity contribution in [2.45, 2.75) is 42.4 Å². The summed E-state index contributed by atoms with van der Waals surface area (Å²) in [4.78, 5) is 18.9. The van der Waals surface area contributed by atoms with E-state index in [2.05, 4.69) is 36.1 Å². The lowest BCUT2D eigenvalue weighted by Gasteiger charge is -2.29. The SMILES string of the molecule is COc1ccc(C2CCCN2CC(=O)N2CCC(C)Sc3ccccc32)cc1OC. The summed E-state index contributed by atoms with van der Waals surface area (Å²) in [6, 6.07) is 14.6. The number of nitrogens with zero attached hydrogens (tertiary/aromatic N) is 2. The number of rotatable bonds is 5. The van der Waals surface area contributed by atoms with Gasteiger partial charge in [0.15, 0.2) is 11.5 Å². The minimum absolute atomic E-state index is 0.185. The fraction of sp³-hybridized carbons (Fsp3) is 0.458. The third kappa shape index (κ3) is 4.30. The molecule has 0 bridgehead atoms. The number of carbonyl (C=O) groups excluding carboxylic acids is 1. The van der Waals surface area contributed by atoms with E-state index in [1.807, 2.05) is 34.9 Å². The van der Waals surface area contributed by atoms with Gasteiger partial charge in [-0.05, 0) is 55.6 Å². The molecule has 4 rings (SSSR count). The first-order chi connectivity index (χ1) is 14.6. The summed E-state index contributed by atoms with van der Waals surface area (Å²) in [6.45, 7) is 4.39. The van der Waals surface area contributed by atoms with Crippen LogP contribution in [0, 0.1) is 0 Å². The Morgan fingerprint density at radius 2 is 1.87 bits per heavy atom. The summed E-state index contributed by atoms with van der Waals surface area (Å²) in [5, 5.41) is 0.509. The van der Waals surface area contributed by atoms with Crippen LogP contribution in [0.15, 0.2) is 47.4 Å². The molecule has 5 nitrogen and oxygen atoms in total. The molecule has 2 aliphatic rings. The Hall–Kier alpha value is -2.18. The number of anilines is 1. The summed E-state index contributed by atoms with van der Waals surface area (Å²) in [5.74, 6) is 1.65. The van der Waals surface area contributed by atoms with Gasteiger partial charge in [0.1, 0.15) is 0 Å². The minimum atomic E-state index is 0.185. The molecule has 0 radical (unpaired) electrons. The monoisotopic (exact) mass is 426 g/mol. The highest BCUT2D eigenvalue weighted by Gasteiger charge is 2.31. The van der Waals surface area contributed by atoms with E-state index >= 15 is 0 Å². The van der Waals surface area contributed by atoms with Gasteiger partial charge in [0.25, 0.3) is 0 Å². The van der Waals surface area contributed by atoms with Crippen LogP contribution in [-0.4, -0.2) is 49.9 Å². The summed E-state index contributed by atoms with van der Waals surface area (Å²) in [7, 11) is 3.31. The highest BCUT2D eigenvalue weighted by atomic mass is 32.2. The maximum absolute atomic E-state index is 13.4. The fourth-order valence-electron chi connectivity index (χ4n) is 4.46. The second kappa shape index (κ2) is 9.31. The van der Waals surface area contributed by atoms with Crippen LogP contribution in [-0.2, 0) is 4.79 Å². The van der Waals surface area contributed by atoms with Crippen LogP contribution in [0.25, 0.3) is 0 Å². The summed E-state index contributed by atoms with van der Waals surface area (Å²) >= 11 is 1.87. The lowest BCUT2D eigenvalue weighted by atomic mass is 10.0. The number of thioether (sulfide) groups is 1. The average molecular weight is 427 g/mol. The van der Waals surface area contributed by atoms with Crippen LogP contribution >= 0.6 is 11.8 Å². The molecular formula is C24H30N2O3S. The van der Waals surface area contributed by atoms with Gasteiger partial charge in [0, 0.05) is 22.7 Å². The number of para-hydroxylation sites is 1. The average Bonchev–Trinajstić information content (AvgIpc) is 3.14. The van der Waals surface area contributed by atoms with Crippen molar-refractivity contribution < 1.29 is 14.3 Å². The number of hydrogen-bond acceptors (Lipinski definition) is 5. The van der Waals surface area contributed by atoms with E-state index in [9.17, 15) is 4.79 Å². The van der Waals surface area contributed by atoms with Gasteiger partial charge in [0.2, 0.25) is 5.91 Å². The zero-order valence-electron chi connectivity index (χ0n) is 18.0. The first-order valence-electron chi connectivity index (χ1n) is 10.6. The van der Waals surface area contributed by atoms with Crippen molar-refractivity contribution in [3.63, 3.8) is 0 Å². The normalized spacial score (nSPS) is 21.8. The fourth-order valence-corrected chi connectivity index (χ4v) is 5.57. The van der Waals surface area contributed by atoms with Crippen molar-refractivity contribution >= 4 is 23.4 Å². The van der Waals surface area contributed by atoms with E-state index in [1.54, 1.807) is 14.2 Å². The third-order valence-corrected chi connectivity index (χ3v) is 7.28. The number of hydrogen-bond donors (Lipinski definition) is 0. The Bertz CT molecular complexity index is 904. The third-order valence-electron chi connectivity index (χ3n) is 6.04. The van der Waals surface area contributed by atoms with Crippen molar-refractivity contribution in [3.8, 4) is 11.5 Å². The highest BCUT2D eigenvalue weighted by molar-refractivity contribution is 8.00. The molecule has 2 atom stereocenters. The second-order valence-electron chi connectivity index (χ2n) is 7.97. The van der Waals surface area contributed by atoms with E-state index in [0.29, 0.717) is 11.8 Å². The molecule has 1 fully saturated rings. The number of fused-ring (bicyclic) bond motifs is 1. The predicted molar refractivity (Wildman–Crippen MR) is 122 cm³/mol. The first-order valence-corrected chi connectivity index (χ1v) is 11.5. The standard InChI is InChI=1S/C24H30N2O3S/c1-17-12-14-26(20-7-4-5-9-23(20)30-17)24(27)16-25-13-6-8-19(25)18-10-11-21(28-2)22(15-18)29-3/h4-5,7,9-11,15,17,19H,6,8,12-14,16H2,1-3H3. The van der Waals surface area contributed by atoms with Crippen LogP contribution < -0.4 is 14.4 Å². The van der Waals surface area contributed by atoms with E-state index < -0.39 is 0 Å². The number of amides is 1. The zero-order chi connectivity index (χ0) is 21.1. The van der Waals surface area contributed by atoms with Gasteiger partial charge < -0.3 is 14.4 Å². The number of benzene rings is 2. The van der Waals surface area contributed by atoms with Crippen LogP contribution in [0.1, 0.15) is 37.8 Å². The highest BCUT2D eigenvalue weighted by Crippen LogP contribution is 2.39.